The third-order valence-corrected chi connectivity index (χ3v) is 5.07. The number of hydrogen-bond donors (Lipinski definition) is 2. The van der Waals surface area contributed by atoms with E-state index < -0.39 is 11.7 Å². The minimum absolute atomic E-state index is 0.00422. The van der Waals surface area contributed by atoms with Gasteiger partial charge >= 0.3 is 6.18 Å². The normalized spacial score (nSPS) is 12.1. The topological polar surface area (TPSA) is 58.5 Å². The molecular formula is C18H23F3N4OS. The van der Waals surface area contributed by atoms with E-state index in [9.17, 15) is 13.2 Å². The van der Waals surface area contributed by atoms with Gasteiger partial charge in [0.05, 0.1) is 17.7 Å². The number of halogens is 3. The van der Waals surface area contributed by atoms with Crippen LogP contribution >= 0.6 is 11.3 Å². The van der Waals surface area contributed by atoms with Crippen LogP contribution in [0.5, 0.6) is 5.75 Å². The summed E-state index contributed by atoms with van der Waals surface area (Å²) in [7, 11) is 2.91. The Kier molecular flexibility index (Phi) is 7.46. The van der Waals surface area contributed by atoms with E-state index in [1.165, 1.54) is 24.1 Å². The number of aliphatic imine (C=N–C) groups is 1. The number of benzene rings is 1. The number of rotatable bonds is 7. The zero-order valence-electron chi connectivity index (χ0n) is 15.5. The highest BCUT2D eigenvalue weighted by Gasteiger charge is 2.33. The number of thiazole rings is 1. The molecule has 2 N–H and O–H groups in total. The van der Waals surface area contributed by atoms with Crippen molar-refractivity contribution in [2.75, 3.05) is 20.7 Å². The highest BCUT2D eigenvalue weighted by molar-refractivity contribution is 7.11. The molecule has 5 nitrogen and oxygen atoms in total. The summed E-state index contributed by atoms with van der Waals surface area (Å²) in [5, 5.41) is 7.03. The molecular weight excluding hydrogens is 377 g/mol. The molecule has 27 heavy (non-hydrogen) atoms. The molecule has 0 saturated heterocycles. The molecule has 2 rings (SSSR count). The third kappa shape index (κ3) is 6.13. The minimum atomic E-state index is -4.45. The average Bonchev–Trinajstić information content (AvgIpc) is 3.11. The van der Waals surface area contributed by atoms with E-state index >= 15 is 0 Å². The second-order valence-corrected chi connectivity index (χ2v) is 6.90. The Morgan fingerprint density at radius 3 is 2.67 bits per heavy atom. The van der Waals surface area contributed by atoms with Crippen LogP contribution in [0, 0.1) is 0 Å². The summed E-state index contributed by atoms with van der Waals surface area (Å²) >= 11 is 1.66. The molecule has 2 aromatic rings. The largest absolute Gasteiger partial charge is 0.497 e. The Labute approximate surface area is 160 Å². The van der Waals surface area contributed by atoms with Crippen molar-refractivity contribution in [1.29, 1.82) is 0 Å². The highest BCUT2D eigenvalue weighted by Crippen LogP contribution is 2.34. The summed E-state index contributed by atoms with van der Waals surface area (Å²) in [6, 6.07) is 3.92. The first-order valence-electron chi connectivity index (χ1n) is 8.49. The van der Waals surface area contributed by atoms with E-state index in [4.69, 9.17) is 4.74 Å². The van der Waals surface area contributed by atoms with E-state index in [1.54, 1.807) is 18.4 Å². The predicted octanol–water partition coefficient (Wildman–Crippen LogP) is 3.64. The molecule has 148 valence electrons. The van der Waals surface area contributed by atoms with Gasteiger partial charge in [-0.2, -0.15) is 13.2 Å². The van der Waals surface area contributed by atoms with E-state index in [2.05, 4.69) is 27.5 Å². The highest BCUT2D eigenvalue weighted by atomic mass is 32.1. The van der Waals surface area contributed by atoms with Gasteiger partial charge in [-0.05, 0) is 24.1 Å². The smallest absolute Gasteiger partial charge is 0.416 e. The molecule has 0 fully saturated rings. The van der Waals surface area contributed by atoms with Gasteiger partial charge in [0.2, 0.25) is 0 Å². The lowest BCUT2D eigenvalue weighted by Crippen LogP contribution is -2.38. The van der Waals surface area contributed by atoms with Gasteiger partial charge in [-0.1, -0.05) is 13.0 Å². The molecule has 1 aromatic heterocycles. The maximum atomic E-state index is 13.3. The summed E-state index contributed by atoms with van der Waals surface area (Å²) in [6.07, 6.45) is -0.904. The Morgan fingerprint density at radius 1 is 1.30 bits per heavy atom. The number of alkyl halides is 3. The van der Waals surface area contributed by atoms with Crippen molar-refractivity contribution in [2.24, 2.45) is 4.99 Å². The summed E-state index contributed by atoms with van der Waals surface area (Å²) < 4.78 is 44.7. The number of nitrogens with one attached hydrogen (secondary N) is 2. The van der Waals surface area contributed by atoms with Crippen molar-refractivity contribution in [3.63, 3.8) is 0 Å². The van der Waals surface area contributed by atoms with Crippen LogP contribution in [0.4, 0.5) is 13.2 Å². The summed E-state index contributed by atoms with van der Waals surface area (Å²) in [5.74, 6) is 0.606. The molecule has 0 unspecified atom stereocenters. The van der Waals surface area contributed by atoms with Crippen LogP contribution < -0.4 is 15.4 Å². The molecule has 0 aliphatic carbocycles. The molecule has 0 spiro atoms. The zero-order valence-corrected chi connectivity index (χ0v) is 16.3. The van der Waals surface area contributed by atoms with Crippen LogP contribution in [0.1, 0.15) is 27.9 Å². The fraction of sp³-hybridized carbons (Fsp3) is 0.444. The third-order valence-electron chi connectivity index (χ3n) is 3.87. The van der Waals surface area contributed by atoms with Crippen LogP contribution in [0.25, 0.3) is 0 Å². The number of aryl methyl sites for hydroxylation is 1. The van der Waals surface area contributed by atoms with E-state index in [-0.39, 0.29) is 17.9 Å². The molecule has 0 saturated carbocycles. The Bertz CT molecular complexity index is 774. The van der Waals surface area contributed by atoms with Gasteiger partial charge in [0.25, 0.3) is 0 Å². The van der Waals surface area contributed by atoms with Gasteiger partial charge < -0.3 is 15.4 Å². The molecule has 0 aliphatic heterocycles. The van der Waals surface area contributed by atoms with Gasteiger partial charge in [-0.25, -0.2) is 4.98 Å². The molecule has 1 heterocycles. The second kappa shape index (κ2) is 9.59. The molecule has 9 heteroatoms. The number of nitrogens with zero attached hydrogens (tertiary/aromatic N) is 2. The first-order chi connectivity index (χ1) is 12.9. The Morgan fingerprint density at radius 2 is 2.07 bits per heavy atom. The van der Waals surface area contributed by atoms with Crippen molar-refractivity contribution in [3.8, 4) is 5.75 Å². The van der Waals surface area contributed by atoms with Gasteiger partial charge in [-0.3, -0.25) is 4.99 Å². The fourth-order valence-corrected chi connectivity index (χ4v) is 3.28. The molecule has 0 amide bonds. The average molecular weight is 400 g/mol. The van der Waals surface area contributed by atoms with E-state index in [0.717, 1.165) is 23.9 Å². The van der Waals surface area contributed by atoms with Crippen molar-refractivity contribution in [1.82, 2.24) is 15.6 Å². The Hall–Kier alpha value is -2.29. The van der Waals surface area contributed by atoms with Crippen molar-refractivity contribution >= 4 is 17.3 Å². The van der Waals surface area contributed by atoms with Crippen LogP contribution in [0.15, 0.2) is 29.4 Å². The van der Waals surface area contributed by atoms with Crippen LogP contribution in [-0.4, -0.2) is 31.6 Å². The monoisotopic (exact) mass is 400 g/mol. The molecule has 0 aliphatic rings. The van der Waals surface area contributed by atoms with Crippen LogP contribution in [0.3, 0.4) is 0 Å². The quantitative estimate of drug-likeness (QED) is 0.550. The number of hydrogen-bond acceptors (Lipinski definition) is 4. The van der Waals surface area contributed by atoms with Gasteiger partial charge in [0, 0.05) is 37.6 Å². The van der Waals surface area contributed by atoms with Crippen LogP contribution in [0.2, 0.25) is 0 Å². The SMILES string of the molecule is CCc1cnc(CCNC(=NC)NCc2ccc(OC)cc2C(F)(F)F)s1. The Balaban J connectivity index is 1.93. The maximum absolute atomic E-state index is 13.3. The molecule has 1 aromatic carbocycles. The van der Waals surface area contributed by atoms with Crippen LogP contribution in [-0.2, 0) is 25.6 Å². The predicted molar refractivity (Wildman–Crippen MR) is 101 cm³/mol. The standard InChI is InChI=1S/C18H23F3N4OS/c1-4-14-11-24-16(27-14)7-8-23-17(22-2)25-10-12-5-6-13(26-3)9-15(12)18(19,20)21/h5-6,9,11H,4,7-8,10H2,1-3H3,(H2,22,23,25). The number of aromatic nitrogens is 1. The zero-order chi connectivity index (χ0) is 19.9. The van der Waals surface area contributed by atoms with E-state index in [0.29, 0.717) is 12.5 Å². The van der Waals surface area contributed by atoms with E-state index in [1.807, 2.05) is 6.20 Å². The molecule has 0 radical (unpaired) electrons. The van der Waals surface area contributed by atoms with Crippen molar-refractivity contribution < 1.29 is 17.9 Å². The van der Waals surface area contributed by atoms with Crippen molar-refractivity contribution in [3.05, 3.63) is 45.4 Å². The summed E-state index contributed by atoms with van der Waals surface area (Å²) in [5.41, 5.74) is -0.599. The lowest BCUT2D eigenvalue weighted by atomic mass is 10.1. The number of guanidine groups is 1. The fourth-order valence-electron chi connectivity index (χ4n) is 2.42. The second-order valence-electron chi connectivity index (χ2n) is 5.70. The molecule has 0 atom stereocenters. The van der Waals surface area contributed by atoms with Gasteiger partial charge in [-0.15, -0.1) is 11.3 Å². The minimum Gasteiger partial charge on any atom is -0.497 e. The van der Waals surface area contributed by atoms with Crippen molar-refractivity contribution in [2.45, 2.75) is 32.5 Å². The van der Waals surface area contributed by atoms with Gasteiger partial charge in [0.1, 0.15) is 5.75 Å². The maximum Gasteiger partial charge on any atom is 0.416 e. The number of ether oxygens (including phenoxy) is 1. The lowest BCUT2D eigenvalue weighted by Gasteiger charge is -2.16. The first kappa shape index (κ1) is 21.0. The summed E-state index contributed by atoms with van der Waals surface area (Å²) in [4.78, 5) is 9.62. The van der Waals surface area contributed by atoms with Gasteiger partial charge in [0.15, 0.2) is 5.96 Å². The first-order valence-corrected chi connectivity index (χ1v) is 9.31. The number of methoxy groups -OCH3 is 1. The summed E-state index contributed by atoms with van der Waals surface area (Å²) in [6.45, 7) is 2.66. The molecule has 0 bridgehead atoms. The lowest BCUT2D eigenvalue weighted by molar-refractivity contribution is -0.138.